The zero-order valence-corrected chi connectivity index (χ0v) is 11.0. The number of rotatable bonds is 3. The van der Waals surface area contributed by atoms with Gasteiger partial charge >= 0.3 is 0 Å². The molecule has 2 aromatic heterocycles. The van der Waals surface area contributed by atoms with Crippen LogP contribution in [0.25, 0.3) is 10.8 Å². The molecule has 0 saturated carbocycles. The number of fused-ring (bicyclic) bond motifs is 1. The SMILES string of the molecule is CNC(c1ccc(F)cn1)c1cccc2ccncc12. The summed E-state index contributed by atoms with van der Waals surface area (Å²) in [4.78, 5) is 8.36. The number of benzene rings is 1. The van der Waals surface area contributed by atoms with Gasteiger partial charge in [0, 0.05) is 17.8 Å². The first-order valence-electron chi connectivity index (χ1n) is 6.41. The van der Waals surface area contributed by atoms with Crippen LogP contribution in [0.2, 0.25) is 0 Å². The molecule has 1 unspecified atom stereocenters. The molecule has 0 aliphatic carbocycles. The number of halogens is 1. The third-order valence-electron chi connectivity index (χ3n) is 3.36. The molecule has 0 spiro atoms. The van der Waals surface area contributed by atoms with Crippen molar-refractivity contribution < 1.29 is 4.39 Å². The molecule has 2 heterocycles. The van der Waals surface area contributed by atoms with Gasteiger partial charge in [-0.15, -0.1) is 0 Å². The quantitative estimate of drug-likeness (QED) is 0.792. The Morgan fingerprint density at radius 3 is 2.75 bits per heavy atom. The van der Waals surface area contributed by atoms with Crippen LogP contribution in [0, 0.1) is 5.82 Å². The number of pyridine rings is 2. The lowest BCUT2D eigenvalue weighted by molar-refractivity contribution is 0.610. The molecule has 0 radical (unpaired) electrons. The fraction of sp³-hybridized carbons (Fsp3) is 0.125. The minimum Gasteiger partial charge on any atom is -0.308 e. The summed E-state index contributed by atoms with van der Waals surface area (Å²) in [7, 11) is 1.87. The van der Waals surface area contributed by atoms with Crippen molar-refractivity contribution in [2.75, 3.05) is 7.05 Å². The Hall–Kier alpha value is -2.33. The molecular formula is C16H14FN3. The lowest BCUT2D eigenvalue weighted by Crippen LogP contribution is -2.19. The van der Waals surface area contributed by atoms with E-state index in [1.807, 2.05) is 37.5 Å². The van der Waals surface area contributed by atoms with E-state index in [9.17, 15) is 4.39 Å². The van der Waals surface area contributed by atoms with Crippen molar-refractivity contribution in [3.63, 3.8) is 0 Å². The van der Waals surface area contributed by atoms with E-state index >= 15 is 0 Å². The highest BCUT2D eigenvalue weighted by atomic mass is 19.1. The van der Waals surface area contributed by atoms with Crippen molar-refractivity contribution in [3.8, 4) is 0 Å². The molecule has 20 heavy (non-hydrogen) atoms. The molecule has 3 nitrogen and oxygen atoms in total. The van der Waals surface area contributed by atoms with Gasteiger partial charge in [-0.1, -0.05) is 18.2 Å². The second-order valence-electron chi connectivity index (χ2n) is 4.57. The van der Waals surface area contributed by atoms with E-state index in [-0.39, 0.29) is 11.9 Å². The topological polar surface area (TPSA) is 37.8 Å². The van der Waals surface area contributed by atoms with E-state index in [0.29, 0.717) is 0 Å². The highest BCUT2D eigenvalue weighted by Crippen LogP contribution is 2.27. The zero-order chi connectivity index (χ0) is 13.9. The monoisotopic (exact) mass is 267 g/mol. The molecule has 0 bridgehead atoms. The Balaban J connectivity index is 2.14. The highest BCUT2D eigenvalue weighted by molar-refractivity contribution is 5.85. The molecule has 0 aliphatic rings. The summed E-state index contributed by atoms with van der Waals surface area (Å²) < 4.78 is 13.0. The molecule has 1 aromatic carbocycles. The smallest absolute Gasteiger partial charge is 0.141 e. The van der Waals surface area contributed by atoms with E-state index in [1.165, 1.54) is 12.3 Å². The van der Waals surface area contributed by atoms with Gasteiger partial charge in [-0.3, -0.25) is 9.97 Å². The second-order valence-corrected chi connectivity index (χ2v) is 4.57. The van der Waals surface area contributed by atoms with Crippen LogP contribution in [0.3, 0.4) is 0 Å². The highest BCUT2D eigenvalue weighted by Gasteiger charge is 2.16. The van der Waals surface area contributed by atoms with Crippen molar-refractivity contribution in [2.24, 2.45) is 0 Å². The minimum absolute atomic E-state index is 0.0940. The van der Waals surface area contributed by atoms with Crippen LogP contribution >= 0.6 is 0 Å². The van der Waals surface area contributed by atoms with Crippen LogP contribution in [0.1, 0.15) is 17.3 Å². The van der Waals surface area contributed by atoms with Gasteiger partial charge < -0.3 is 5.32 Å². The summed E-state index contributed by atoms with van der Waals surface area (Å²) in [5, 5.41) is 5.43. The Morgan fingerprint density at radius 1 is 1.10 bits per heavy atom. The molecule has 100 valence electrons. The first-order valence-corrected chi connectivity index (χ1v) is 6.41. The van der Waals surface area contributed by atoms with Gasteiger partial charge in [0.05, 0.1) is 17.9 Å². The Morgan fingerprint density at radius 2 is 2.00 bits per heavy atom. The largest absolute Gasteiger partial charge is 0.308 e. The average molecular weight is 267 g/mol. The third-order valence-corrected chi connectivity index (χ3v) is 3.36. The van der Waals surface area contributed by atoms with Crippen molar-refractivity contribution >= 4 is 10.8 Å². The first-order chi connectivity index (χ1) is 9.79. The molecule has 3 aromatic rings. The van der Waals surface area contributed by atoms with Gasteiger partial charge in [0.1, 0.15) is 5.82 Å². The van der Waals surface area contributed by atoms with Crippen LogP contribution in [0.4, 0.5) is 4.39 Å². The van der Waals surface area contributed by atoms with Gasteiger partial charge in [-0.2, -0.15) is 0 Å². The molecule has 0 amide bonds. The summed E-state index contributed by atoms with van der Waals surface area (Å²) in [6, 6.07) is 11.1. The fourth-order valence-electron chi connectivity index (χ4n) is 2.41. The zero-order valence-electron chi connectivity index (χ0n) is 11.0. The summed E-state index contributed by atoms with van der Waals surface area (Å²) in [6.07, 6.45) is 4.86. The predicted octanol–water partition coefficient (Wildman–Crippen LogP) is 3.08. The lowest BCUT2D eigenvalue weighted by atomic mass is 9.98. The summed E-state index contributed by atoms with van der Waals surface area (Å²) in [5.74, 6) is -0.330. The molecule has 1 N–H and O–H groups in total. The van der Waals surface area contributed by atoms with Gasteiger partial charge in [0.25, 0.3) is 0 Å². The molecule has 0 aliphatic heterocycles. The maximum Gasteiger partial charge on any atom is 0.141 e. The van der Waals surface area contributed by atoms with Crippen molar-refractivity contribution in [2.45, 2.75) is 6.04 Å². The predicted molar refractivity (Wildman–Crippen MR) is 76.8 cm³/mol. The van der Waals surface area contributed by atoms with Gasteiger partial charge in [-0.25, -0.2) is 4.39 Å². The van der Waals surface area contributed by atoms with E-state index in [0.717, 1.165) is 22.0 Å². The first kappa shape index (κ1) is 12.7. The van der Waals surface area contributed by atoms with Gasteiger partial charge in [-0.05, 0) is 36.2 Å². The van der Waals surface area contributed by atoms with Crippen LogP contribution in [-0.4, -0.2) is 17.0 Å². The van der Waals surface area contributed by atoms with Crippen LogP contribution in [-0.2, 0) is 0 Å². The molecule has 1 atom stereocenters. The van der Waals surface area contributed by atoms with Crippen molar-refractivity contribution in [3.05, 3.63) is 72.1 Å². The Bertz CT molecular complexity index is 720. The number of nitrogens with one attached hydrogen (secondary N) is 1. The number of hydrogen-bond donors (Lipinski definition) is 1. The molecule has 4 heteroatoms. The molecule has 3 rings (SSSR count). The van der Waals surface area contributed by atoms with Crippen LogP contribution < -0.4 is 5.32 Å². The summed E-state index contributed by atoms with van der Waals surface area (Å²) >= 11 is 0. The average Bonchev–Trinajstić information content (AvgIpc) is 2.50. The fourth-order valence-corrected chi connectivity index (χ4v) is 2.41. The van der Waals surface area contributed by atoms with E-state index < -0.39 is 0 Å². The number of hydrogen-bond acceptors (Lipinski definition) is 3. The van der Waals surface area contributed by atoms with Crippen LogP contribution in [0.15, 0.2) is 55.0 Å². The van der Waals surface area contributed by atoms with E-state index in [2.05, 4.69) is 15.3 Å². The Kier molecular flexibility index (Phi) is 3.39. The number of nitrogens with zero attached hydrogens (tertiary/aromatic N) is 2. The Labute approximate surface area is 116 Å². The molecule has 0 saturated heterocycles. The lowest BCUT2D eigenvalue weighted by Gasteiger charge is -2.18. The maximum absolute atomic E-state index is 13.0. The maximum atomic E-state index is 13.0. The minimum atomic E-state index is -0.330. The normalized spacial score (nSPS) is 12.5. The van der Waals surface area contributed by atoms with Crippen molar-refractivity contribution in [1.29, 1.82) is 0 Å². The molecule has 0 fully saturated rings. The summed E-state index contributed by atoms with van der Waals surface area (Å²) in [5.41, 5.74) is 1.86. The van der Waals surface area contributed by atoms with E-state index in [1.54, 1.807) is 12.3 Å². The van der Waals surface area contributed by atoms with Crippen LogP contribution in [0.5, 0.6) is 0 Å². The van der Waals surface area contributed by atoms with Gasteiger partial charge in [0.15, 0.2) is 0 Å². The van der Waals surface area contributed by atoms with Crippen molar-refractivity contribution in [1.82, 2.24) is 15.3 Å². The standard InChI is InChI=1S/C16H14FN3/c1-18-16(15-6-5-12(17)9-20-15)13-4-2-3-11-7-8-19-10-14(11)13/h2-10,16,18H,1H3. The van der Waals surface area contributed by atoms with Gasteiger partial charge in [0.2, 0.25) is 0 Å². The van der Waals surface area contributed by atoms with E-state index in [4.69, 9.17) is 0 Å². The summed E-state index contributed by atoms with van der Waals surface area (Å²) in [6.45, 7) is 0. The third kappa shape index (κ3) is 2.26. The number of aromatic nitrogens is 2. The molecular weight excluding hydrogens is 253 g/mol. The second kappa shape index (κ2) is 5.35.